The summed E-state index contributed by atoms with van der Waals surface area (Å²) in [6.45, 7) is 2.35. The van der Waals surface area contributed by atoms with E-state index >= 15 is 0 Å². The van der Waals surface area contributed by atoms with Crippen molar-refractivity contribution in [2.45, 2.75) is 44.2 Å². The van der Waals surface area contributed by atoms with Gasteiger partial charge in [0.2, 0.25) is 5.95 Å². The lowest BCUT2D eigenvalue weighted by molar-refractivity contribution is 0.435. The molecule has 1 aliphatic heterocycles. The normalized spacial score (nSPS) is 16.5. The molecule has 1 saturated carbocycles. The Morgan fingerprint density at radius 3 is 2.30 bits per heavy atom. The molecule has 0 radical (unpaired) electrons. The predicted molar refractivity (Wildman–Crippen MR) is 139 cm³/mol. The molecule has 0 amide bonds. The average molecular weight is 498 g/mol. The van der Waals surface area contributed by atoms with Crippen molar-refractivity contribution in [2.24, 2.45) is 0 Å². The van der Waals surface area contributed by atoms with Crippen molar-refractivity contribution in [1.29, 1.82) is 0 Å². The van der Waals surface area contributed by atoms with Gasteiger partial charge in [-0.1, -0.05) is 72.4 Å². The van der Waals surface area contributed by atoms with Gasteiger partial charge in [-0.3, -0.25) is 0 Å². The van der Waals surface area contributed by atoms with E-state index in [1.165, 1.54) is 29.5 Å². The molecular formula is C25H25Cl2N5S. The molecular weight excluding hydrogens is 473 g/mol. The maximum atomic E-state index is 6.33. The molecule has 5 rings (SSSR count). The third-order valence-electron chi connectivity index (χ3n) is 6.68. The number of thiocarbonyl (C=S) groups is 1. The summed E-state index contributed by atoms with van der Waals surface area (Å²) in [4.78, 5) is 11.2. The molecule has 2 heterocycles. The molecule has 5 nitrogen and oxygen atoms in total. The molecule has 1 aliphatic carbocycles. The van der Waals surface area contributed by atoms with Crippen molar-refractivity contribution in [3.05, 3.63) is 81.5 Å². The molecule has 3 aromatic rings. The van der Waals surface area contributed by atoms with Crippen LogP contribution in [0, 0.1) is 0 Å². The van der Waals surface area contributed by atoms with Gasteiger partial charge in [0.25, 0.3) is 0 Å². The van der Waals surface area contributed by atoms with Crippen LogP contribution >= 0.6 is 35.4 Å². The van der Waals surface area contributed by atoms with E-state index in [0.29, 0.717) is 16.2 Å². The number of benzene rings is 2. The molecule has 0 atom stereocenters. The number of anilines is 2. The summed E-state index contributed by atoms with van der Waals surface area (Å²) >= 11 is 18.0. The molecule has 1 fully saturated rings. The third kappa shape index (κ3) is 4.93. The standard InChI is InChI=1S/C25H25Cl2N5S/c26-20-9-7-19(8-10-20)25(11-3-4-12-25)16-28-24(33)31-23-29-21(27)13-22(30-23)32-14-17-5-1-2-6-18(17)15-32/h1-2,5-10,13H,3-4,11-12,14-16H2,(H2,28,29,30,31,33). The quantitative estimate of drug-likeness (QED) is 0.328. The molecule has 0 saturated heterocycles. The second kappa shape index (κ2) is 9.45. The summed E-state index contributed by atoms with van der Waals surface area (Å²) in [5.41, 5.74) is 3.97. The monoisotopic (exact) mass is 497 g/mol. The Kier molecular flexibility index (Phi) is 6.41. The lowest BCUT2D eigenvalue weighted by atomic mass is 9.79. The van der Waals surface area contributed by atoms with Gasteiger partial charge in [0.15, 0.2) is 5.11 Å². The first-order valence-electron chi connectivity index (χ1n) is 11.2. The summed E-state index contributed by atoms with van der Waals surface area (Å²) in [7, 11) is 0. The molecule has 2 N–H and O–H groups in total. The van der Waals surface area contributed by atoms with Crippen LogP contribution in [0.2, 0.25) is 10.2 Å². The van der Waals surface area contributed by atoms with Crippen molar-refractivity contribution < 1.29 is 0 Å². The minimum atomic E-state index is 0.0536. The summed E-state index contributed by atoms with van der Waals surface area (Å²) in [6, 6.07) is 18.4. The van der Waals surface area contributed by atoms with E-state index in [0.717, 1.165) is 43.3 Å². The second-order valence-electron chi connectivity index (χ2n) is 8.80. The molecule has 8 heteroatoms. The van der Waals surface area contributed by atoms with Crippen LogP contribution in [0.1, 0.15) is 42.4 Å². The zero-order chi connectivity index (χ0) is 22.8. The van der Waals surface area contributed by atoms with Gasteiger partial charge in [-0.25, -0.2) is 4.98 Å². The van der Waals surface area contributed by atoms with Gasteiger partial charge in [0.05, 0.1) is 0 Å². The number of hydrogen-bond acceptors (Lipinski definition) is 4. The first-order valence-corrected chi connectivity index (χ1v) is 12.3. The Morgan fingerprint density at radius 1 is 0.970 bits per heavy atom. The summed E-state index contributed by atoms with van der Waals surface area (Å²) in [5, 5.41) is 8.17. The van der Waals surface area contributed by atoms with E-state index in [-0.39, 0.29) is 5.41 Å². The zero-order valence-electron chi connectivity index (χ0n) is 18.2. The second-order valence-corrected chi connectivity index (χ2v) is 10.0. The van der Waals surface area contributed by atoms with Crippen LogP contribution in [0.25, 0.3) is 0 Å². The Hall–Kier alpha value is -2.41. The van der Waals surface area contributed by atoms with Gasteiger partial charge in [0, 0.05) is 36.1 Å². The Bertz CT molecular complexity index is 1140. The fraction of sp³-hybridized carbons (Fsp3) is 0.320. The fourth-order valence-corrected chi connectivity index (χ4v) is 5.40. The molecule has 2 aromatic carbocycles. The van der Waals surface area contributed by atoms with Crippen LogP contribution in [0.15, 0.2) is 54.6 Å². The maximum absolute atomic E-state index is 6.33. The van der Waals surface area contributed by atoms with Crippen LogP contribution in [-0.4, -0.2) is 21.6 Å². The highest BCUT2D eigenvalue weighted by Gasteiger charge is 2.35. The number of fused-ring (bicyclic) bond motifs is 1. The van der Waals surface area contributed by atoms with Crippen molar-refractivity contribution in [3.63, 3.8) is 0 Å². The average Bonchev–Trinajstić information content (AvgIpc) is 3.46. The van der Waals surface area contributed by atoms with E-state index in [9.17, 15) is 0 Å². The van der Waals surface area contributed by atoms with Gasteiger partial charge in [-0.05, 0) is 53.9 Å². The van der Waals surface area contributed by atoms with Crippen molar-refractivity contribution in [3.8, 4) is 0 Å². The highest BCUT2D eigenvalue weighted by atomic mass is 35.5. The molecule has 33 heavy (non-hydrogen) atoms. The topological polar surface area (TPSA) is 53.1 Å². The Labute approximate surface area is 209 Å². The van der Waals surface area contributed by atoms with Crippen molar-refractivity contribution >= 4 is 52.3 Å². The van der Waals surface area contributed by atoms with E-state index in [1.807, 2.05) is 12.1 Å². The summed E-state index contributed by atoms with van der Waals surface area (Å²) in [5.74, 6) is 1.18. The van der Waals surface area contributed by atoms with Gasteiger partial charge in [-0.2, -0.15) is 4.98 Å². The zero-order valence-corrected chi connectivity index (χ0v) is 20.5. The number of aromatic nitrogens is 2. The minimum absolute atomic E-state index is 0.0536. The van der Waals surface area contributed by atoms with Crippen LogP contribution < -0.4 is 15.5 Å². The molecule has 0 unspecified atom stereocenters. The van der Waals surface area contributed by atoms with Crippen LogP contribution in [-0.2, 0) is 18.5 Å². The lowest BCUT2D eigenvalue weighted by Crippen LogP contribution is -2.41. The molecule has 0 spiro atoms. The first kappa shape index (κ1) is 22.4. The number of rotatable bonds is 5. The fourth-order valence-electron chi connectivity index (χ4n) is 4.94. The van der Waals surface area contributed by atoms with E-state index in [2.05, 4.69) is 61.9 Å². The molecule has 2 aliphatic rings. The number of nitrogens with zero attached hydrogens (tertiary/aromatic N) is 3. The maximum Gasteiger partial charge on any atom is 0.232 e. The molecule has 1 aromatic heterocycles. The highest BCUT2D eigenvalue weighted by Crippen LogP contribution is 2.41. The van der Waals surface area contributed by atoms with Crippen molar-refractivity contribution in [2.75, 3.05) is 16.8 Å². The summed E-state index contributed by atoms with van der Waals surface area (Å²) in [6.07, 6.45) is 4.67. The SMILES string of the molecule is S=C(NCC1(c2ccc(Cl)cc2)CCCC1)Nc1nc(Cl)cc(N2Cc3ccccc3C2)n1. The Morgan fingerprint density at radius 2 is 1.64 bits per heavy atom. The van der Waals surface area contributed by atoms with Gasteiger partial charge >= 0.3 is 0 Å². The van der Waals surface area contributed by atoms with Crippen LogP contribution in [0.5, 0.6) is 0 Å². The predicted octanol–water partition coefficient (Wildman–Crippen LogP) is 6.10. The third-order valence-corrected chi connectivity index (χ3v) is 7.37. The van der Waals surface area contributed by atoms with Gasteiger partial charge < -0.3 is 15.5 Å². The molecule has 170 valence electrons. The largest absolute Gasteiger partial charge is 0.361 e. The van der Waals surface area contributed by atoms with Gasteiger partial charge in [0.1, 0.15) is 11.0 Å². The number of halogens is 2. The van der Waals surface area contributed by atoms with Crippen LogP contribution in [0.4, 0.5) is 11.8 Å². The van der Waals surface area contributed by atoms with E-state index in [1.54, 1.807) is 6.07 Å². The number of nitrogens with one attached hydrogen (secondary N) is 2. The minimum Gasteiger partial charge on any atom is -0.361 e. The van der Waals surface area contributed by atoms with Crippen molar-refractivity contribution in [1.82, 2.24) is 15.3 Å². The summed E-state index contributed by atoms with van der Waals surface area (Å²) < 4.78 is 0. The highest BCUT2D eigenvalue weighted by molar-refractivity contribution is 7.80. The van der Waals surface area contributed by atoms with E-state index in [4.69, 9.17) is 35.4 Å². The smallest absolute Gasteiger partial charge is 0.232 e. The molecule has 0 bridgehead atoms. The lowest BCUT2D eigenvalue weighted by Gasteiger charge is -2.30. The van der Waals surface area contributed by atoms with Gasteiger partial charge in [-0.15, -0.1) is 0 Å². The number of hydrogen-bond donors (Lipinski definition) is 2. The van der Waals surface area contributed by atoms with Crippen LogP contribution in [0.3, 0.4) is 0 Å². The van der Waals surface area contributed by atoms with E-state index < -0.39 is 0 Å². The Balaban J connectivity index is 1.26. The first-order chi connectivity index (χ1) is 16.0.